The van der Waals surface area contributed by atoms with Gasteiger partial charge >= 0.3 is 0 Å². The lowest BCUT2D eigenvalue weighted by Crippen LogP contribution is -2.34. The summed E-state index contributed by atoms with van der Waals surface area (Å²) >= 11 is 2.30. The number of halogens is 1. The van der Waals surface area contributed by atoms with Gasteiger partial charge in [0.15, 0.2) is 0 Å². The SMILES string of the molecule is Cc1ccc([C@@](C)(N)CCO)cc1I. The number of benzene rings is 1. The van der Waals surface area contributed by atoms with Crippen molar-refractivity contribution in [2.75, 3.05) is 6.61 Å². The van der Waals surface area contributed by atoms with Crippen molar-refractivity contribution in [2.45, 2.75) is 25.8 Å². The van der Waals surface area contributed by atoms with E-state index in [1.54, 1.807) is 0 Å². The van der Waals surface area contributed by atoms with Crippen LogP contribution in [0.5, 0.6) is 0 Å². The van der Waals surface area contributed by atoms with Gasteiger partial charge in [-0.3, -0.25) is 0 Å². The molecule has 0 bridgehead atoms. The molecule has 78 valence electrons. The monoisotopic (exact) mass is 305 g/mol. The molecule has 0 unspecified atom stereocenters. The predicted molar refractivity (Wildman–Crippen MR) is 67.1 cm³/mol. The maximum absolute atomic E-state index is 8.91. The van der Waals surface area contributed by atoms with E-state index in [1.807, 2.05) is 13.0 Å². The summed E-state index contributed by atoms with van der Waals surface area (Å²) in [5, 5.41) is 8.91. The van der Waals surface area contributed by atoms with Gasteiger partial charge in [0, 0.05) is 15.7 Å². The van der Waals surface area contributed by atoms with Gasteiger partial charge in [-0.1, -0.05) is 12.1 Å². The zero-order valence-corrected chi connectivity index (χ0v) is 10.7. The standard InChI is InChI=1S/C11H16INO/c1-8-3-4-9(7-10(8)12)11(2,13)5-6-14/h3-4,7,14H,5-6,13H2,1-2H3/t11-/m0/s1. The van der Waals surface area contributed by atoms with Gasteiger partial charge in [-0.05, 0) is 60.1 Å². The van der Waals surface area contributed by atoms with Crippen molar-refractivity contribution in [3.63, 3.8) is 0 Å². The van der Waals surface area contributed by atoms with E-state index in [0.29, 0.717) is 6.42 Å². The van der Waals surface area contributed by atoms with Gasteiger partial charge in [0.2, 0.25) is 0 Å². The second-order valence-corrected chi connectivity index (χ2v) is 5.02. The van der Waals surface area contributed by atoms with E-state index in [1.165, 1.54) is 9.13 Å². The van der Waals surface area contributed by atoms with Crippen molar-refractivity contribution in [1.82, 2.24) is 0 Å². The van der Waals surface area contributed by atoms with E-state index < -0.39 is 5.54 Å². The lowest BCUT2D eigenvalue weighted by atomic mass is 9.90. The molecule has 1 aromatic rings. The summed E-state index contributed by atoms with van der Waals surface area (Å²) < 4.78 is 1.22. The van der Waals surface area contributed by atoms with Gasteiger partial charge in [0.05, 0.1) is 0 Å². The minimum absolute atomic E-state index is 0.122. The fourth-order valence-corrected chi connectivity index (χ4v) is 1.84. The Morgan fingerprint density at radius 2 is 2.14 bits per heavy atom. The molecule has 1 aromatic carbocycles. The first kappa shape index (κ1) is 11.9. The molecule has 0 fully saturated rings. The highest BCUT2D eigenvalue weighted by Crippen LogP contribution is 2.24. The lowest BCUT2D eigenvalue weighted by molar-refractivity contribution is 0.247. The molecule has 0 aliphatic heterocycles. The van der Waals surface area contributed by atoms with Crippen LogP contribution in [-0.2, 0) is 5.54 Å². The smallest absolute Gasteiger partial charge is 0.0451 e. The van der Waals surface area contributed by atoms with Crippen molar-refractivity contribution in [2.24, 2.45) is 5.73 Å². The highest BCUT2D eigenvalue weighted by atomic mass is 127. The largest absolute Gasteiger partial charge is 0.396 e. The van der Waals surface area contributed by atoms with E-state index in [2.05, 4.69) is 41.6 Å². The molecular formula is C11H16INO. The first-order chi connectivity index (χ1) is 6.47. The van der Waals surface area contributed by atoms with E-state index in [9.17, 15) is 0 Å². The third-order valence-electron chi connectivity index (χ3n) is 2.46. The summed E-state index contributed by atoms with van der Waals surface area (Å²) in [4.78, 5) is 0. The number of hydrogen-bond acceptors (Lipinski definition) is 2. The van der Waals surface area contributed by atoms with Gasteiger partial charge in [0.25, 0.3) is 0 Å². The average Bonchev–Trinajstić information content (AvgIpc) is 2.09. The minimum atomic E-state index is -0.428. The number of aliphatic hydroxyl groups is 1. The Hall–Kier alpha value is -0.130. The van der Waals surface area contributed by atoms with Crippen LogP contribution in [0.15, 0.2) is 18.2 Å². The normalized spacial score (nSPS) is 15.2. The van der Waals surface area contributed by atoms with Crippen LogP contribution in [0.3, 0.4) is 0 Å². The van der Waals surface area contributed by atoms with Crippen LogP contribution in [0.4, 0.5) is 0 Å². The molecule has 1 atom stereocenters. The lowest BCUT2D eigenvalue weighted by Gasteiger charge is -2.24. The molecular weight excluding hydrogens is 289 g/mol. The molecule has 1 rings (SSSR count). The van der Waals surface area contributed by atoms with Gasteiger partial charge in [-0.25, -0.2) is 0 Å². The Bertz CT molecular complexity index is 323. The van der Waals surface area contributed by atoms with E-state index in [0.717, 1.165) is 5.56 Å². The predicted octanol–water partition coefficient (Wildman–Crippen LogP) is 2.16. The highest BCUT2D eigenvalue weighted by Gasteiger charge is 2.20. The fourth-order valence-electron chi connectivity index (χ4n) is 1.32. The molecule has 0 heterocycles. The zero-order valence-electron chi connectivity index (χ0n) is 8.55. The van der Waals surface area contributed by atoms with Crippen molar-refractivity contribution in [3.8, 4) is 0 Å². The summed E-state index contributed by atoms with van der Waals surface area (Å²) in [6.07, 6.45) is 0.589. The summed E-state index contributed by atoms with van der Waals surface area (Å²) in [5.74, 6) is 0. The molecule has 0 radical (unpaired) electrons. The summed E-state index contributed by atoms with van der Waals surface area (Å²) in [5.41, 5.74) is 8.02. The number of nitrogens with two attached hydrogens (primary N) is 1. The van der Waals surface area contributed by atoms with Crippen molar-refractivity contribution < 1.29 is 5.11 Å². The molecule has 3 heteroatoms. The van der Waals surface area contributed by atoms with Crippen LogP contribution in [0.2, 0.25) is 0 Å². The Morgan fingerprint density at radius 3 is 2.64 bits per heavy atom. The van der Waals surface area contributed by atoms with Crippen LogP contribution >= 0.6 is 22.6 Å². The average molecular weight is 305 g/mol. The van der Waals surface area contributed by atoms with Gasteiger partial charge in [0.1, 0.15) is 0 Å². The van der Waals surface area contributed by atoms with Crippen molar-refractivity contribution in [1.29, 1.82) is 0 Å². The van der Waals surface area contributed by atoms with E-state index >= 15 is 0 Å². The Morgan fingerprint density at radius 1 is 1.50 bits per heavy atom. The summed E-state index contributed by atoms with van der Waals surface area (Å²) in [7, 11) is 0. The van der Waals surface area contributed by atoms with Crippen molar-refractivity contribution >= 4 is 22.6 Å². The molecule has 14 heavy (non-hydrogen) atoms. The summed E-state index contributed by atoms with van der Waals surface area (Å²) in [6.45, 7) is 4.15. The first-order valence-electron chi connectivity index (χ1n) is 4.64. The molecule has 0 aliphatic carbocycles. The van der Waals surface area contributed by atoms with Crippen molar-refractivity contribution in [3.05, 3.63) is 32.9 Å². The molecule has 0 spiro atoms. The van der Waals surface area contributed by atoms with Gasteiger partial charge < -0.3 is 10.8 Å². The Balaban J connectivity index is 3.01. The molecule has 3 N–H and O–H groups in total. The Labute approximate surface area is 98.7 Å². The maximum atomic E-state index is 8.91. The molecule has 0 saturated heterocycles. The molecule has 0 saturated carbocycles. The minimum Gasteiger partial charge on any atom is -0.396 e. The number of rotatable bonds is 3. The highest BCUT2D eigenvalue weighted by molar-refractivity contribution is 14.1. The quantitative estimate of drug-likeness (QED) is 0.841. The number of aliphatic hydroxyl groups excluding tert-OH is 1. The number of hydrogen-bond donors (Lipinski definition) is 2. The van der Waals surface area contributed by atoms with Gasteiger partial charge in [-0.15, -0.1) is 0 Å². The van der Waals surface area contributed by atoms with Crippen LogP contribution in [-0.4, -0.2) is 11.7 Å². The van der Waals surface area contributed by atoms with E-state index in [4.69, 9.17) is 10.8 Å². The molecule has 0 aliphatic rings. The number of aryl methyl sites for hydroxylation is 1. The van der Waals surface area contributed by atoms with Gasteiger partial charge in [-0.2, -0.15) is 0 Å². The topological polar surface area (TPSA) is 46.2 Å². The fraction of sp³-hybridized carbons (Fsp3) is 0.455. The molecule has 2 nitrogen and oxygen atoms in total. The molecule has 0 aromatic heterocycles. The van der Waals surface area contributed by atoms with Crippen LogP contribution < -0.4 is 5.73 Å². The van der Waals surface area contributed by atoms with Crippen LogP contribution in [0.1, 0.15) is 24.5 Å². The second-order valence-electron chi connectivity index (χ2n) is 3.86. The third-order valence-corrected chi connectivity index (χ3v) is 3.62. The third kappa shape index (κ3) is 2.68. The summed E-state index contributed by atoms with van der Waals surface area (Å²) in [6, 6.07) is 6.19. The van der Waals surface area contributed by atoms with Crippen LogP contribution in [0.25, 0.3) is 0 Å². The first-order valence-corrected chi connectivity index (χ1v) is 5.71. The van der Waals surface area contributed by atoms with E-state index in [-0.39, 0.29) is 6.61 Å². The van der Waals surface area contributed by atoms with Crippen LogP contribution in [0, 0.1) is 10.5 Å². The molecule has 0 amide bonds. The maximum Gasteiger partial charge on any atom is 0.0451 e. The second kappa shape index (κ2) is 4.59. The zero-order chi connectivity index (χ0) is 10.8. The Kier molecular flexibility index (Phi) is 3.92.